The SMILES string of the molecule is C[C@@H]1Cc2c(C(=O)NCc3ccc(C#N)cn3)nn(C)c2[C@H](C)O1. The summed E-state index contributed by atoms with van der Waals surface area (Å²) in [5.74, 6) is -0.223. The van der Waals surface area contributed by atoms with Crippen LogP contribution in [-0.4, -0.2) is 26.8 Å². The minimum Gasteiger partial charge on any atom is -0.369 e. The molecule has 3 rings (SSSR count). The third kappa shape index (κ3) is 3.01. The molecule has 2 aromatic rings. The molecule has 24 heavy (non-hydrogen) atoms. The van der Waals surface area contributed by atoms with Gasteiger partial charge in [0.2, 0.25) is 0 Å². The Labute approximate surface area is 140 Å². The Kier molecular flexibility index (Phi) is 4.32. The molecule has 1 aliphatic rings. The van der Waals surface area contributed by atoms with Crippen molar-refractivity contribution in [3.8, 4) is 6.07 Å². The number of carbonyl (C=O) groups excluding carboxylic acids is 1. The van der Waals surface area contributed by atoms with E-state index in [4.69, 9.17) is 10.00 Å². The smallest absolute Gasteiger partial charge is 0.272 e. The number of amides is 1. The van der Waals surface area contributed by atoms with Crippen LogP contribution in [0.5, 0.6) is 0 Å². The van der Waals surface area contributed by atoms with Crippen molar-refractivity contribution < 1.29 is 9.53 Å². The Morgan fingerprint density at radius 2 is 2.29 bits per heavy atom. The van der Waals surface area contributed by atoms with E-state index in [9.17, 15) is 4.79 Å². The third-order valence-corrected chi connectivity index (χ3v) is 4.11. The highest BCUT2D eigenvalue weighted by Gasteiger charge is 2.31. The first-order valence-corrected chi connectivity index (χ1v) is 7.84. The van der Waals surface area contributed by atoms with E-state index in [2.05, 4.69) is 15.4 Å². The molecule has 0 radical (unpaired) electrons. The first kappa shape index (κ1) is 16.1. The van der Waals surface area contributed by atoms with Gasteiger partial charge in [0.05, 0.1) is 35.7 Å². The highest BCUT2D eigenvalue weighted by atomic mass is 16.5. The second kappa shape index (κ2) is 6.42. The summed E-state index contributed by atoms with van der Waals surface area (Å²) in [5.41, 5.74) is 3.54. The fraction of sp³-hybridized carbons (Fsp3) is 0.412. The zero-order valence-electron chi connectivity index (χ0n) is 13.9. The number of hydrogen-bond donors (Lipinski definition) is 1. The van der Waals surface area contributed by atoms with Gasteiger partial charge in [-0.05, 0) is 26.0 Å². The number of aryl methyl sites for hydroxylation is 1. The van der Waals surface area contributed by atoms with Gasteiger partial charge in [0.1, 0.15) is 6.07 Å². The maximum atomic E-state index is 12.5. The molecule has 7 nitrogen and oxygen atoms in total. The van der Waals surface area contributed by atoms with E-state index in [1.807, 2.05) is 27.0 Å². The van der Waals surface area contributed by atoms with Crippen molar-refractivity contribution in [2.45, 2.75) is 39.0 Å². The van der Waals surface area contributed by atoms with Crippen molar-refractivity contribution in [3.05, 3.63) is 46.5 Å². The van der Waals surface area contributed by atoms with Gasteiger partial charge in [-0.25, -0.2) is 0 Å². The van der Waals surface area contributed by atoms with Gasteiger partial charge in [-0.2, -0.15) is 10.4 Å². The van der Waals surface area contributed by atoms with Crippen LogP contribution in [0.25, 0.3) is 0 Å². The quantitative estimate of drug-likeness (QED) is 0.926. The van der Waals surface area contributed by atoms with E-state index in [1.54, 1.807) is 16.8 Å². The molecule has 0 aliphatic carbocycles. The molecule has 0 spiro atoms. The Bertz CT molecular complexity index is 804. The normalized spacial score (nSPS) is 19.4. The summed E-state index contributed by atoms with van der Waals surface area (Å²) in [6.07, 6.45) is 2.14. The number of aromatic nitrogens is 3. The monoisotopic (exact) mass is 325 g/mol. The maximum absolute atomic E-state index is 12.5. The molecule has 0 saturated carbocycles. The van der Waals surface area contributed by atoms with Crippen LogP contribution in [0.2, 0.25) is 0 Å². The number of hydrogen-bond acceptors (Lipinski definition) is 5. The lowest BCUT2D eigenvalue weighted by Gasteiger charge is -2.26. The largest absolute Gasteiger partial charge is 0.369 e. The highest BCUT2D eigenvalue weighted by molar-refractivity contribution is 5.94. The topological polar surface area (TPSA) is 92.8 Å². The molecule has 0 unspecified atom stereocenters. The van der Waals surface area contributed by atoms with E-state index >= 15 is 0 Å². The Hall–Kier alpha value is -2.72. The summed E-state index contributed by atoms with van der Waals surface area (Å²) in [6, 6.07) is 5.42. The van der Waals surface area contributed by atoms with Gasteiger partial charge in [-0.3, -0.25) is 14.5 Å². The number of rotatable bonds is 3. The van der Waals surface area contributed by atoms with E-state index in [-0.39, 0.29) is 24.7 Å². The Balaban J connectivity index is 1.76. The second-order valence-corrected chi connectivity index (χ2v) is 5.96. The predicted molar refractivity (Wildman–Crippen MR) is 86.0 cm³/mol. The Morgan fingerprint density at radius 1 is 1.50 bits per heavy atom. The van der Waals surface area contributed by atoms with Gasteiger partial charge in [-0.15, -0.1) is 0 Å². The number of fused-ring (bicyclic) bond motifs is 1. The number of nitrogens with one attached hydrogen (secondary N) is 1. The van der Waals surface area contributed by atoms with Crippen LogP contribution in [0.4, 0.5) is 0 Å². The van der Waals surface area contributed by atoms with Crippen LogP contribution in [0.3, 0.4) is 0 Å². The molecular weight excluding hydrogens is 306 g/mol. The molecule has 2 aromatic heterocycles. The minimum absolute atomic E-state index is 0.0587. The molecule has 0 saturated heterocycles. The van der Waals surface area contributed by atoms with Gasteiger partial charge < -0.3 is 10.1 Å². The summed E-state index contributed by atoms with van der Waals surface area (Å²) in [6.45, 7) is 4.25. The van der Waals surface area contributed by atoms with Crippen LogP contribution in [0.1, 0.15) is 53.0 Å². The van der Waals surface area contributed by atoms with Crippen molar-refractivity contribution in [2.24, 2.45) is 7.05 Å². The first-order valence-electron chi connectivity index (χ1n) is 7.84. The van der Waals surface area contributed by atoms with Crippen molar-refractivity contribution in [2.75, 3.05) is 0 Å². The molecule has 0 bridgehead atoms. The van der Waals surface area contributed by atoms with Gasteiger partial charge >= 0.3 is 0 Å². The van der Waals surface area contributed by atoms with E-state index in [1.165, 1.54) is 6.20 Å². The number of nitrogens with zero attached hydrogens (tertiary/aromatic N) is 4. The molecule has 1 aliphatic heterocycles. The maximum Gasteiger partial charge on any atom is 0.272 e. The van der Waals surface area contributed by atoms with Crippen LogP contribution < -0.4 is 5.32 Å². The molecule has 3 heterocycles. The zero-order valence-corrected chi connectivity index (χ0v) is 13.9. The van der Waals surface area contributed by atoms with Crippen molar-refractivity contribution >= 4 is 5.91 Å². The molecule has 2 atom stereocenters. The van der Waals surface area contributed by atoms with Crippen molar-refractivity contribution in [1.29, 1.82) is 5.26 Å². The van der Waals surface area contributed by atoms with Gasteiger partial charge in [0.25, 0.3) is 5.91 Å². The van der Waals surface area contributed by atoms with Crippen LogP contribution in [0, 0.1) is 11.3 Å². The average molecular weight is 325 g/mol. The summed E-state index contributed by atoms with van der Waals surface area (Å²) >= 11 is 0. The molecule has 124 valence electrons. The van der Waals surface area contributed by atoms with Gasteiger partial charge in [0, 0.05) is 25.2 Å². The molecule has 7 heteroatoms. The summed E-state index contributed by atoms with van der Waals surface area (Å²) < 4.78 is 7.53. The number of nitriles is 1. The minimum atomic E-state index is -0.223. The summed E-state index contributed by atoms with van der Waals surface area (Å²) in [7, 11) is 1.83. The highest BCUT2D eigenvalue weighted by Crippen LogP contribution is 2.31. The first-order chi connectivity index (χ1) is 11.5. The second-order valence-electron chi connectivity index (χ2n) is 5.96. The van der Waals surface area contributed by atoms with Crippen LogP contribution in [-0.2, 0) is 24.8 Å². The third-order valence-electron chi connectivity index (χ3n) is 4.11. The van der Waals surface area contributed by atoms with E-state index < -0.39 is 0 Å². The van der Waals surface area contributed by atoms with E-state index in [0.717, 1.165) is 11.3 Å². The lowest BCUT2D eigenvalue weighted by atomic mass is 9.99. The zero-order chi connectivity index (χ0) is 17.3. The lowest BCUT2D eigenvalue weighted by Crippen LogP contribution is -2.27. The van der Waals surface area contributed by atoms with Gasteiger partial charge in [0.15, 0.2) is 5.69 Å². The Morgan fingerprint density at radius 3 is 2.96 bits per heavy atom. The molecule has 0 aromatic carbocycles. The fourth-order valence-corrected chi connectivity index (χ4v) is 3.07. The summed E-state index contributed by atoms with van der Waals surface area (Å²) in [5, 5.41) is 16.0. The van der Waals surface area contributed by atoms with Crippen LogP contribution >= 0.6 is 0 Å². The van der Waals surface area contributed by atoms with E-state index in [0.29, 0.717) is 23.4 Å². The van der Waals surface area contributed by atoms with Gasteiger partial charge in [-0.1, -0.05) is 0 Å². The number of carbonyl (C=O) groups is 1. The number of pyridine rings is 1. The molecule has 1 amide bonds. The molecule has 1 N–H and O–H groups in total. The average Bonchev–Trinajstić information content (AvgIpc) is 2.90. The standard InChI is InChI=1S/C17H19N5O2/c1-10-6-14-15(21-22(3)16(14)11(2)24-10)17(23)20-9-13-5-4-12(7-18)8-19-13/h4-5,8,10-11H,6,9H2,1-3H3,(H,20,23)/t10-,11+/m1/s1. The number of ether oxygens (including phenoxy) is 1. The lowest BCUT2D eigenvalue weighted by molar-refractivity contribution is -0.00903. The van der Waals surface area contributed by atoms with Crippen LogP contribution in [0.15, 0.2) is 18.3 Å². The predicted octanol–water partition coefficient (Wildman–Crippen LogP) is 1.64. The van der Waals surface area contributed by atoms with Crippen molar-refractivity contribution in [3.63, 3.8) is 0 Å². The molecule has 0 fully saturated rings. The van der Waals surface area contributed by atoms with Crippen molar-refractivity contribution in [1.82, 2.24) is 20.1 Å². The molecular formula is C17H19N5O2. The fourth-order valence-electron chi connectivity index (χ4n) is 3.07. The summed E-state index contributed by atoms with van der Waals surface area (Å²) in [4.78, 5) is 16.7.